The number of allylic oxidation sites excluding steroid dienone is 4. The molecule has 0 unspecified atom stereocenters. The molecule has 3 atom stereocenters. The third-order valence-electron chi connectivity index (χ3n) is 8.20. The van der Waals surface area contributed by atoms with E-state index < -0.39 is 10.3 Å². The van der Waals surface area contributed by atoms with Crippen molar-refractivity contribution in [3.05, 3.63) is 57.2 Å². The van der Waals surface area contributed by atoms with Crippen LogP contribution < -0.4 is 4.74 Å². The zero-order chi connectivity index (χ0) is 22.4. The van der Waals surface area contributed by atoms with Gasteiger partial charge < -0.3 is 4.74 Å². The largest absolute Gasteiger partial charge is 0.426 e. The van der Waals surface area contributed by atoms with Crippen molar-refractivity contribution in [1.82, 2.24) is 0 Å². The Labute approximate surface area is 184 Å². The molecule has 5 nitrogen and oxygen atoms in total. The van der Waals surface area contributed by atoms with E-state index in [2.05, 4.69) is 33.8 Å². The lowest BCUT2D eigenvalue weighted by Gasteiger charge is -2.55. The Hall–Kier alpha value is -2.43. The Bertz CT molecular complexity index is 958. The fourth-order valence-corrected chi connectivity index (χ4v) is 6.42. The smallest absolute Gasteiger partial charge is 0.317 e. The molecule has 0 aromatic heterocycles. The second kappa shape index (κ2) is 7.92. The second-order valence-corrected chi connectivity index (χ2v) is 10.3. The molecule has 1 aromatic rings. The predicted octanol–water partition coefficient (Wildman–Crippen LogP) is 6.78. The highest BCUT2D eigenvalue weighted by Gasteiger charge is 2.56. The standard InChI is InChI=1S/C26H33NO4/c1-17(2)18-6-12-22-19(16-18)7-13-23-25(22,3)14-5-15-26(23,4)24(28)31-21-10-8-20(9-11-21)27(29)30/h8-11,16-17,23H,5-7,12-15H2,1-4H3/t23-,25-,26-/m1/s1. The maximum absolute atomic E-state index is 13.4. The number of nitro benzene ring substituents is 1. The molecule has 1 aromatic carbocycles. The van der Waals surface area contributed by atoms with E-state index in [1.54, 1.807) is 11.1 Å². The summed E-state index contributed by atoms with van der Waals surface area (Å²) in [5.74, 6) is 1.03. The van der Waals surface area contributed by atoms with Crippen LogP contribution in [-0.4, -0.2) is 10.9 Å². The van der Waals surface area contributed by atoms with Crippen molar-refractivity contribution < 1.29 is 14.5 Å². The van der Waals surface area contributed by atoms with E-state index in [9.17, 15) is 14.9 Å². The number of non-ortho nitro benzene ring substituents is 1. The van der Waals surface area contributed by atoms with Crippen LogP contribution in [0.2, 0.25) is 0 Å². The first kappa shape index (κ1) is 21.8. The third-order valence-corrected chi connectivity index (χ3v) is 8.20. The zero-order valence-electron chi connectivity index (χ0n) is 19.1. The van der Waals surface area contributed by atoms with Gasteiger partial charge in [0.1, 0.15) is 5.75 Å². The molecule has 0 amide bonds. The molecule has 5 heteroatoms. The Balaban J connectivity index is 1.60. The summed E-state index contributed by atoms with van der Waals surface area (Å²) in [7, 11) is 0. The molecule has 31 heavy (non-hydrogen) atoms. The first-order chi connectivity index (χ1) is 14.6. The SMILES string of the molecule is CC(C)C1=CC2=C(CC1)[C@@]1(C)CCC[C@@](C)(C(=O)Oc3ccc([N+](=O)[O-])cc3)[C@@H]1CC2. The van der Waals surface area contributed by atoms with Gasteiger partial charge in [0.2, 0.25) is 0 Å². The molecule has 0 aliphatic heterocycles. The lowest BCUT2D eigenvalue weighted by atomic mass is 9.48. The van der Waals surface area contributed by atoms with Crippen LogP contribution in [-0.2, 0) is 4.79 Å². The number of fused-ring (bicyclic) bond motifs is 2. The summed E-state index contributed by atoms with van der Waals surface area (Å²) in [6.45, 7) is 9.00. The number of carbonyl (C=O) groups is 1. The van der Waals surface area contributed by atoms with Gasteiger partial charge in [-0.05, 0) is 80.4 Å². The van der Waals surface area contributed by atoms with Crippen LogP contribution in [0.4, 0.5) is 5.69 Å². The fraction of sp³-hybridized carbons (Fsp3) is 0.577. The minimum Gasteiger partial charge on any atom is -0.426 e. The number of ether oxygens (including phenoxy) is 1. The summed E-state index contributed by atoms with van der Waals surface area (Å²) in [6, 6.07) is 5.80. The van der Waals surface area contributed by atoms with E-state index in [-0.39, 0.29) is 23.0 Å². The fourth-order valence-electron chi connectivity index (χ4n) is 6.42. The van der Waals surface area contributed by atoms with Gasteiger partial charge in [-0.15, -0.1) is 0 Å². The van der Waals surface area contributed by atoms with E-state index in [0.29, 0.717) is 11.7 Å². The lowest BCUT2D eigenvalue weighted by Crippen LogP contribution is -2.52. The summed E-state index contributed by atoms with van der Waals surface area (Å²) in [5.41, 5.74) is 4.12. The van der Waals surface area contributed by atoms with Crippen molar-refractivity contribution >= 4 is 11.7 Å². The van der Waals surface area contributed by atoms with E-state index >= 15 is 0 Å². The minimum absolute atomic E-state index is 0.00544. The van der Waals surface area contributed by atoms with Crippen molar-refractivity contribution in [2.75, 3.05) is 0 Å². The number of rotatable bonds is 4. The highest BCUT2D eigenvalue weighted by molar-refractivity contribution is 5.80. The minimum atomic E-state index is -0.546. The summed E-state index contributed by atoms with van der Waals surface area (Å²) in [6.07, 6.45) is 9.69. The Morgan fingerprint density at radius 1 is 1.13 bits per heavy atom. The van der Waals surface area contributed by atoms with Crippen molar-refractivity contribution in [2.45, 2.75) is 72.6 Å². The van der Waals surface area contributed by atoms with E-state index in [1.807, 2.05) is 0 Å². The molecule has 1 saturated carbocycles. The number of hydrogen-bond acceptors (Lipinski definition) is 4. The van der Waals surface area contributed by atoms with Gasteiger partial charge in [0.05, 0.1) is 10.3 Å². The summed E-state index contributed by atoms with van der Waals surface area (Å²) < 4.78 is 5.78. The molecular weight excluding hydrogens is 390 g/mol. The molecule has 0 radical (unpaired) electrons. The molecular formula is C26H33NO4. The number of benzene rings is 1. The molecule has 0 saturated heterocycles. The Morgan fingerprint density at radius 2 is 1.84 bits per heavy atom. The lowest BCUT2D eigenvalue weighted by molar-refractivity contribution is -0.384. The highest BCUT2D eigenvalue weighted by Crippen LogP contribution is 2.61. The summed E-state index contributed by atoms with van der Waals surface area (Å²) >= 11 is 0. The van der Waals surface area contributed by atoms with Gasteiger partial charge in [0, 0.05) is 12.1 Å². The van der Waals surface area contributed by atoms with Crippen LogP contribution in [0, 0.1) is 32.8 Å². The quantitative estimate of drug-likeness (QED) is 0.232. The molecule has 0 spiro atoms. The van der Waals surface area contributed by atoms with E-state index in [4.69, 9.17) is 4.74 Å². The van der Waals surface area contributed by atoms with Crippen LogP contribution in [0.1, 0.15) is 72.6 Å². The topological polar surface area (TPSA) is 69.4 Å². The van der Waals surface area contributed by atoms with Crippen LogP contribution in [0.25, 0.3) is 0 Å². The number of nitrogens with zero attached hydrogens (tertiary/aromatic N) is 1. The van der Waals surface area contributed by atoms with E-state index in [0.717, 1.165) is 44.9 Å². The van der Waals surface area contributed by atoms with Gasteiger partial charge in [-0.25, -0.2) is 0 Å². The Kier molecular flexibility index (Phi) is 5.57. The monoisotopic (exact) mass is 423 g/mol. The van der Waals surface area contributed by atoms with Gasteiger partial charge in [0.25, 0.3) is 5.69 Å². The first-order valence-electron chi connectivity index (χ1n) is 11.5. The van der Waals surface area contributed by atoms with E-state index in [1.165, 1.54) is 29.8 Å². The van der Waals surface area contributed by atoms with Gasteiger partial charge in [-0.3, -0.25) is 14.9 Å². The first-order valence-corrected chi connectivity index (χ1v) is 11.5. The van der Waals surface area contributed by atoms with Crippen LogP contribution in [0.15, 0.2) is 47.1 Å². The van der Waals surface area contributed by atoms with Crippen LogP contribution >= 0.6 is 0 Å². The maximum Gasteiger partial charge on any atom is 0.317 e. The average molecular weight is 424 g/mol. The van der Waals surface area contributed by atoms with Gasteiger partial charge >= 0.3 is 5.97 Å². The highest BCUT2D eigenvalue weighted by atomic mass is 16.6. The molecule has 0 bridgehead atoms. The molecule has 1 fully saturated rings. The van der Waals surface area contributed by atoms with Crippen LogP contribution in [0.5, 0.6) is 5.75 Å². The van der Waals surface area contributed by atoms with Crippen molar-refractivity contribution in [2.24, 2.45) is 22.7 Å². The van der Waals surface area contributed by atoms with Crippen molar-refractivity contribution in [3.63, 3.8) is 0 Å². The van der Waals surface area contributed by atoms with Gasteiger partial charge in [-0.2, -0.15) is 0 Å². The molecule has 0 N–H and O–H groups in total. The molecule has 4 rings (SSSR count). The third kappa shape index (κ3) is 3.72. The van der Waals surface area contributed by atoms with Gasteiger partial charge in [0.15, 0.2) is 0 Å². The Morgan fingerprint density at radius 3 is 2.48 bits per heavy atom. The normalized spacial score (nSPS) is 30.4. The summed E-state index contributed by atoms with van der Waals surface area (Å²) in [4.78, 5) is 23.9. The maximum atomic E-state index is 13.4. The van der Waals surface area contributed by atoms with Gasteiger partial charge in [-0.1, -0.05) is 44.4 Å². The molecule has 0 heterocycles. The number of hydrogen-bond donors (Lipinski definition) is 0. The second-order valence-electron chi connectivity index (χ2n) is 10.3. The van der Waals surface area contributed by atoms with Crippen LogP contribution in [0.3, 0.4) is 0 Å². The summed E-state index contributed by atoms with van der Waals surface area (Å²) in [5, 5.41) is 10.9. The van der Waals surface area contributed by atoms with Crippen molar-refractivity contribution in [1.29, 1.82) is 0 Å². The average Bonchev–Trinajstić information content (AvgIpc) is 2.73. The number of esters is 1. The molecule has 166 valence electrons. The zero-order valence-corrected chi connectivity index (χ0v) is 19.1. The predicted molar refractivity (Wildman–Crippen MR) is 121 cm³/mol. The van der Waals surface area contributed by atoms with Crippen molar-refractivity contribution in [3.8, 4) is 5.75 Å². The molecule has 3 aliphatic carbocycles. The molecule has 3 aliphatic rings. The number of nitro groups is 1. The number of carbonyl (C=O) groups excluding carboxylic acids is 1.